The topological polar surface area (TPSA) is 46.5 Å². The van der Waals surface area contributed by atoms with E-state index in [0.29, 0.717) is 16.7 Å². The minimum absolute atomic E-state index is 0.310. The lowest BCUT2D eigenvalue weighted by molar-refractivity contribution is -0.131. The zero-order chi connectivity index (χ0) is 14.5. The van der Waals surface area contributed by atoms with Gasteiger partial charge in [-0.1, -0.05) is 36.9 Å². The van der Waals surface area contributed by atoms with E-state index < -0.39 is 5.97 Å². The van der Waals surface area contributed by atoms with Crippen LogP contribution >= 0.6 is 11.6 Å². The molecule has 0 atom stereocenters. The lowest BCUT2D eigenvalue weighted by Gasteiger charge is -2.24. The van der Waals surface area contributed by atoms with E-state index in [1.165, 1.54) is 12.5 Å². The molecule has 0 aromatic heterocycles. The predicted octanol–water partition coefficient (Wildman–Crippen LogP) is 4.40. The molecule has 0 heterocycles. The average molecular weight is 295 g/mol. The number of benzene rings is 1. The summed E-state index contributed by atoms with van der Waals surface area (Å²) in [5.41, 5.74) is 1.76. The van der Waals surface area contributed by atoms with Crippen molar-refractivity contribution in [2.24, 2.45) is 5.92 Å². The Morgan fingerprint density at radius 1 is 1.35 bits per heavy atom. The standard InChI is InChI=1S/C16H19ClO3/c1-20-15-8-7-12(9-14(15)17)13(10-16(18)19)11-5-3-2-4-6-11/h7-11H,2-6H2,1H3,(H,18,19)/b13-10-. The third kappa shape index (κ3) is 3.54. The summed E-state index contributed by atoms with van der Waals surface area (Å²) in [5.74, 6) is 0.00978. The molecule has 0 spiro atoms. The third-order valence-electron chi connectivity index (χ3n) is 3.81. The van der Waals surface area contributed by atoms with Crippen LogP contribution in [-0.2, 0) is 4.79 Å². The highest BCUT2D eigenvalue weighted by molar-refractivity contribution is 6.32. The van der Waals surface area contributed by atoms with E-state index in [9.17, 15) is 4.79 Å². The molecule has 1 aliphatic rings. The third-order valence-corrected chi connectivity index (χ3v) is 4.10. The number of hydrogen-bond acceptors (Lipinski definition) is 2. The molecule has 1 N–H and O–H groups in total. The van der Waals surface area contributed by atoms with E-state index >= 15 is 0 Å². The maximum atomic E-state index is 11.1. The van der Waals surface area contributed by atoms with Gasteiger partial charge in [-0.25, -0.2) is 4.79 Å². The Kier molecular flexibility index (Phi) is 5.07. The molecular formula is C16H19ClO3. The molecule has 1 aromatic carbocycles. The first kappa shape index (κ1) is 14.9. The number of ether oxygens (including phenoxy) is 1. The van der Waals surface area contributed by atoms with Crippen LogP contribution in [-0.4, -0.2) is 18.2 Å². The zero-order valence-electron chi connectivity index (χ0n) is 11.6. The molecule has 0 aliphatic heterocycles. The second kappa shape index (κ2) is 6.80. The Balaban J connectivity index is 2.35. The largest absolute Gasteiger partial charge is 0.495 e. The molecule has 1 fully saturated rings. The summed E-state index contributed by atoms with van der Waals surface area (Å²) >= 11 is 6.15. The summed E-state index contributed by atoms with van der Waals surface area (Å²) in [4.78, 5) is 11.1. The second-order valence-corrected chi connectivity index (χ2v) is 5.53. The van der Waals surface area contributed by atoms with E-state index in [0.717, 1.165) is 36.8 Å². The quantitative estimate of drug-likeness (QED) is 0.837. The van der Waals surface area contributed by atoms with Crippen LogP contribution in [0.15, 0.2) is 24.3 Å². The molecule has 20 heavy (non-hydrogen) atoms. The van der Waals surface area contributed by atoms with Crippen molar-refractivity contribution in [1.29, 1.82) is 0 Å². The summed E-state index contributed by atoms with van der Waals surface area (Å²) < 4.78 is 5.14. The summed E-state index contributed by atoms with van der Waals surface area (Å²) in [5, 5.41) is 9.62. The summed E-state index contributed by atoms with van der Waals surface area (Å²) in [6, 6.07) is 5.47. The number of rotatable bonds is 4. The Labute approximate surface area is 124 Å². The molecule has 2 rings (SSSR count). The van der Waals surface area contributed by atoms with Crippen molar-refractivity contribution in [2.75, 3.05) is 7.11 Å². The Bertz CT molecular complexity index is 516. The molecule has 0 amide bonds. The van der Waals surface area contributed by atoms with Gasteiger partial charge in [0.15, 0.2) is 0 Å². The number of aliphatic carboxylic acids is 1. The molecular weight excluding hydrogens is 276 g/mol. The fraction of sp³-hybridized carbons (Fsp3) is 0.438. The number of allylic oxidation sites excluding steroid dienone is 1. The van der Waals surface area contributed by atoms with E-state index in [-0.39, 0.29) is 0 Å². The van der Waals surface area contributed by atoms with Crippen molar-refractivity contribution >= 4 is 23.1 Å². The minimum atomic E-state index is -0.905. The summed E-state index contributed by atoms with van der Waals surface area (Å²) in [6.07, 6.45) is 6.97. The Hall–Kier alpha value is -1.48. The lowest BCUT2D eigenvalue weighted by Crippen LogP contribution is -2.10. The number of halogens is 1. The van der Waals surface area contributed by atoms with Gasteiger partial charge < -0.3 is 9.84 Å². The molecule has 0 unspecified atom stereocenters. The van der Waals surface area contributed by atoms with Gasteiger partial charge in [-0.15, -0.1) is 0 Å². The number of carboxylic acids is 1. The van der Waals surface area contributed by atoms with E-state index in [1.807, 2.05) is 6.07 Å². The maximum absolute atomic E-state index is 11.1. The number of carboxylic acid groups (broad SMARTS) is 1. The van der Waals surface area contributed by atoms with Gasteiger partial charge >= 0.3 is 5.97 Å². The Morgan fingerprint density at radius 2 is 2.05 bits per heavy atom. The SMILES string of the molecule is COc1ccc(/C(=C\C(=O)O)C2CCCCC2)cc1Cl. The predicted molar refractivity (Wildman–Crippen MR) is 80.2 cm³/mol. The fourth-order valence-corrected chi connectivity index (χ4v) is 3.09. The van der Waals surface area contributed by atoms with Gasteiger partial charge in [-0.3, -0.25) is 0 Å². The van der Waals surface area contributed by atoms with Gasteiger partial charge in [0.2, 0.25) is 0 Å². The molecule has 1 aromatic rings. The first-order chi connectivity index (χ1) is 9.61. The normalized spacial score (nSPS) is 17.0. The molecule has 3 nitrogen and oxygen atoms in total. The average Bonchev–Trinajstić information content (AvgIpc) is 2.45. The number of hydrogen-bond donors (Lipinski definition) is 1. The van der Waals surface area contributed by atoms with Crippen molar-refractivity contribution in [3.8, 4) is 5.75 Å². The first-order valence-corrected chi connectivity index (χ1v) is 7.28. The lowest BCUT2D eigenvalue weighted by atomic mass is 9.81. The van der Waals surface area contributed by atoms with Crippen LogP contribution in [0.2, 0.25) is 5.02 Å². The van der Waals surface area contributed by atoms with Crippen molar-refractivity contribution in [3.05, 3.63) is 34.9 Å². The highest BCUT2D eigenvalue weighted by Gasteiger charge is 2.20. The molecule has 0 radical (unpaired) electrons. The van der Waals surface area contributed by atoms with Gasteiger partial charge in [0.1, 0.15) is 5.75 Å². The smallest absolute Gasteiger partial charge is 0.328 e. The molecule has 0 saturated heterocycles. The molecule has 4 heteroatoms. The van der Waals surface area contributed by atoms with Gasteiger partial charge in [0.05, 0.1) is 12.1 Å². The van der Waals surface area contributed by atoms with Crippen LogP contribution in [0, 0.1) is 5.92 Å². The van der Waals surface area contributed by atoms with Crippen LogP contribution in [0.25, 0.3) is 5.57 Å². The van der Waals surface area contributed by atoms with E-state index in [2.05, 4.69) is 0 Å². The van der Waals surface area contributed by atoms with Gasteiger partial charge in [0, 0.05) is 6.08 Å². The van der Waals surface area contributed by atoms with E-state index in [1.54, 1.807) is 19.2 Å². The Morgan fingerprint density at radius 3 is 2.60 bits per heavy atom. The van der Waals surface area contributed by atoms with Crippen LogP contribution in [0.1, 0.15) is 37.7 Å². The molecule has 1 saturated carbocycles. The molecule has 0 bridgehead atoms. The molecule has 1 aliphatic carbocycles. The van der Waals surface area contributed by atoms with Crippen molar-refractivity contribution in [3.63, 3.8) is 0 Å². The van der Waals surface area contributed by atoms with Crippen molar-refractivity contribution in [1.82, 2.24) is 0 Å². The highest BCUT2D eigenvalue weighted by Crippen LogP contribution is 2.37. The van der Waals surface area contributed by atoms with Crippen molar-refractivity contribution in [2.45, 2.75) is 32.1 Å². The van der Waals surface area contributed by atoms with Gasteiger partial charge in [-0.05, 0) is 42.0 Å². The van der Waals surface area contributed by atoms with Crippen molar-refractivity contribution < 1.29 is 14.6 Å². The van der Waals surface area contributed by atoms with Gasteiger partial charge in [-0.2, -0.15) is 0 Å². The first-order valence-electron chi connectivity index (χ1n) is 6.90. The van der Waals surface area contributed by atoms with E-state index in [4.69, 9.17) is 21.4 Å². The zero-order valence-corrected chi connectivity index (χ0v) is 12.3. The van der Waals surface area contributed by atoms with Crippen LogP contribution in [0.3, 0.4) is 0 Å². The number of methoxy groups -OCH3 is 1. The minimum Gasteiger partial charge on any atom is -0.495 e. The van der Waals surface area contributed by atoms with Crippen LogP contribution in [0.4, 0.5) is 0 Å². The molecule has 108 valence electrons. The monoisotopic (exact) mass is 294 g/mol. The van der Waals surface area contributed by atoms with Gasteiger partial charge in [0.25, 0.3) is 0 Å². The van der Waals surface area contributed by atoms with Crippen LogP contribution in [0.5, 0.6) is 5.75 Å². The number of carbonyl (C=O) groups is 1. The maximum Gasteiger partial charge on any atom is 0.328 e. The summed E-state index contributed by atoms with van der Waals surface area (Å²) in [7, 11) is 1.57. The summed E-state index contributed by atoms with van der Waals surface area (Å²) in [6.45, 7) is 0. The fourth-order valence-electron chi connectivity index (χ4n) is 2.83. The second-order valence-electron chi connectivity index (χ2n) is 5.12. The van der Waals surface area contributed by atoms with Crippen LogP contribution < -0.4 is 4.74 Å². The highest BCUT2D eigenvalue weighted by atomic mass is 35.5.